The van der Waals surface area contributed by atoms with Crippen molar-refractivity contribution in [3.05, 3.63) is 41.5 Å². The number of aromatic nitrogens is 2. The number of halogens is 1. The summed E-state index contributed by atoms with van der Waals surface area (Å²) in [5.74, 6) is 1.42. The van der Waals surface area contributed by atoms with E-state index in [-0.39, 0.29) is 4.90 Å². The van der Waals surface area contributed by atoms with Crippen LogP contribution in [0.25, 0.3) is 0 Å². The maximum absolute atomic E-state index is 11.5. The number of hydrogen-bond donors (Lipinski definition) is 0. The summed E-state index contributed by atoms with van der Waals surface area (Å²) in [7, 11) is 1.69. The van der Waals surface area contributed by atoms with Gasteiger partial charge in [0.2, 0.25) is 0 Å². The Labute approximate surface area is 128 Å². The fourth-order valence-corrected chi connectivity index (χ4v) is 3.91. The molecule has 5 nitrogen and oxygen atoms in total. The van der Waals surface area contributed by atoms with E-state index in [1.54, 1.807) is 32.2 Å². The van der Waals surface area contributed by atoms with E-state index in [1.165, 1.54) is 0 Å². The van der Waals surface area contributed by atoms with Crippen LogP contribution in [0.2, 0.25) is 0 Å². The van der Waals surface area contributed by atoms with Gasteiger partial charge in [-0.2, -0.15) is 0 Å². The van der Waals surface area contributed by atoms with E-state index >= 15 is 0 Å². The first kappa shape index (κ1) is 15.9. The molecule has 0 bridgehead atoms. The molecular formula is C14H17ClN2O3S. The van der Waals surface area contributed by atoms with E-state index in [4.69, 9.17) is 15.4 Å². The molecular weight excluding hydrogens is 312 g/mol. The van der Waals surface area contributed by atoms with Crippen molar-refractivity contribution in [3.63, 3.8) is 0 Å². The Morgan fingerprint density at radius 2 is 1.90 bits per heavy atom. The van der Waals surface area contributed by atoms with Crippen molar-refractivity contribution < 1.29 is 13.2 Å². The summed E-state index contributed by atoms with van der Waals surface area (Å²) >= 11 is 0. The predicted molar refractivity (Wildman–Crippen MR) is 81.2 cm³/mol. The lowest BCUT2D eigenvalue weighted by Crippen LogP contribution is -2.06. The molecule has 0 aliphatic heterocycles. The molecule has 0 saturated heterocycles. The normalized spacial score (nSPS) is 11.6. The molecule has 0 aliphatic rings. The molecule has 2 aromatic rings. The monoisotopic (exact) mass is 328 g/mol. The summed E-state index contributed by atoms with van der Waals surface area (Å²) in [5, 5.41) is 0. The largest absolute Gasteiger partial charge is 0.486 e. The molecule has 0 aliphatic carbocycles. The minimum Gasteiger partial charge on any atom is -0.486 e. The fourth-order valence-electron chi connectivity index (χ4n) is 2.29. The van der Waals surface area contributed by atoms with Gasteiger partial charge in [-0.15, -0.1) is 0 Å². The first-order chi connectivity index (χ1) is 9.82. The number of ether oxygens (including phenoxy) is 1. The highest BCUT2D eigenvalue weighted by molar-refractivity contribution is 8.13. The lowest BCUT2D eigenvalue weighted by molar-refractivity contribution is 0.289. The molecule has 7 heteroatoms. The second-order valence-corrected chi connectivity index (χ2v) is 7.24. The number of imidazole rings is 1. The van der Waals surface area contributed by atoms with Gasteiger partial charge in [-0.1, -0.05) is 0 Å². The Bertz CT molecular complexity index is 730. The highest BCUT2D eigenvalue weighted by atomic mass is 35.7. The smallest absolute Gasteiger partial charge is 0.261 e. The average molecular weight is 329 g/mol. The minimum absolute atomic E-state index is 0.145. The summed E-state index contributed by atoms with van der Waals surface area (Å²) in [6.45, 7) is 6.57. The summed E-state index contributed by atoms with van der Waals surface area (Å²) in [6.07, 6.45) is 3.61. The standard InChI is InChI=1S/C14H17ClN2O3S/c1-4-17-6-5-16-13(17)9-20-12-7-10(2)14(11(3)8-12)21(15,18)19/h5-8H,4,9H2,1-3H3. The zero-order valence-corrected chi connectivity index (χ0v) is 13.7. The Kier molecular flexibility index (Phi) is 4.58. The van der Waals surface area contributed by atoms with Crippen LogP contribution in [0.5, 0.6) is 5.75 Å². The van der Waals surface area contributed by atoms with Crippen molar-refractivity contribution >= 4 is 19.7 Å². The van der Waals surface area contributed by atoms with Crippen LogP contribution in [0.4, 0.5) is 0 Å². The van der Waals surface area contributed by atoms with Gasteiger partial charge in [0.05, 0.1) is 4.90 Å². The second kappa shape index (κ2) is 6.07. The topological polar surface area (TPSA) is 61.2 Å². The van der Waals surface area contributed by atoms with Gasteiger partial charge in [-0.25, -0.2) is 13.4 Å². The van der Waals surface area contributed by atoms with Gasteiger partial charge in [0.15, 0.2) is 0 Å². The Morgan fingerprint density at radius 1 is 1.29 bits per heavy atom. The summed E-state index contributed by atoms with van der Waals surface area (Å²) in [6, 6.07) is 3.34. The Morgan fingerprint density at radius 3 is 2.43 bits per heavy atom. The zero-order chi connectivity index (χ0) is 15.6. The third-order valence-corrected chi connectivity index (χ3v) is 4.78. The van der Waals surface area contributed by atoms with Crippen molar-refractivity contribution in [2.24, 2.45) is 0 Å². The Hall–Kier alpha value is -1.53. The lowest BCUT2D eigenvalue weighted by atomic mass is 10.1. The van der Waals surface area contributed by atoms with Crippen LogP contribution in [-0.4, -0.2) is 18.0 Å². The molecule has 0 atom stereocenters. The van der Waals surface area contributed by atoms with Crippen molar-refractivity contribution in [1.82, 2.24) is 9.55 Å². The number of nitrogens with zero attached hydrogens (tertiary/aromatic N) is 2. The molecule has 0 saturated carbocycles. The number of benzene rings is 1. The summed E-state index contributed by atoms with van der Waals surface area (Å²) < 4.78 is 30.7. The van der Waals surface area contributed by atoms with Gasteiger partial charge in [-0.05, 0) is 44.0 Å². The molecule has 1 heterocycles. The highest BCUT2D eigenvalue weighted by Gasteiger charge is 2.18. The number of hydrogen-bond acceptors (Lipinski definition) is 4. The third kappa shape index (κ3) is 3.57. The van der Waals surface area contributed by atoms with Crippen molar-refractivity contribution in [2.45, 2.75) is 38.8 Å². The van der Waals surface area contributed by atoms with E-state index in [9.17, 15) is 8.42 Å². The molecule has 1 aromatic heterocycles. The first-order valence-corrected chi connectivity index (χ1v) is 8.82. The molecule has 2 rings (SSSR count). The Balaban J connectivity index is 2.23. The molecule has 0 spiro atoms. The molecule has 114 valence electrons. The van der Waals surface area contributed by atoms with Crippen LogP contribution in [0.3, 0.4) is 0 Å². The highest BCUT2D eigenvalue weighted by Crippen LogP contribution is 2.28. The second-order valence-electron chi connectivity index (χ2n) is 4.74. The summed E-state index contributed by atoms with van der Waals surface area (Å²) in [5.41, 5.74) is 1.14. The zero-order valence-electron chi connectivity index (χ0n) is 12.1. The van der Waals surface area contributed by atoms with E-state index < -0.39 is 9.05 Å². The first-order valence-electron chi connectivity index (χ1n) is 6.51. The third-order valence-electron chi connectivity index (χ3n) is 3.19. The number of aryl methyl sites for hydroxylation is 3. The van der Waals surface area contributed by atoms with E-state index in [0.717, 1.165) is 12.4 Å². The van der Waals surface area contributed by atoms with Crippen molar-refractivity contribution in [2.75, 3.05) is 0 Å². The van der Waals surface area contributed by atoms with Crippen LogP contribution in [0, 0.1) is 13.8 Å². The molecule has 0 unspecified atom stereocenters. The molecule has 0 N–H and O–H groups in total. The van der Waals surface area contributed by atoms with Gasteiger partial charge in [0.25, 0.3) is 9.05 Å². The van der Waals surface area contributed by atoms with Crippen LogP contribution >= 0.6 is 10.7 Å². The van der Waals surface area contributed by atoms with Crippen LogP contribution in [0.1, 0.15) is 23.9 Å². The SMILES string of the molecule is CCn1ccnc1COc1cc(C)c(S(=O)(=O)Cl)c(C)c1. The summed E-state index contributed by atoms with van der Waals surface area (Å²) in [4.78, 5) is 4.37. The van der Waals surface area contributed by atoms with E-state index in [0.29, 0.717) is 23.5 Å². The van der Waals surface area contributed by atoms with Gasteiger partial charge >= 0.3 is 0 Å². The lowest BCUT2D eigenvalue weighted by Gasteiger charge is -2.12. The quantitative estimate of drug-likeness (QED) is 0.791. The maximum Gasteiger partial charge on any atom is 0.261 e. The minimum atomic E-state index is -3.75. The van der Waals surface area contributed by atoms with E-state index in [1.807, 2.05) is 17.7 Å². The van der Waals surface area contributed by atoms with Crippen LogP contribution in [0.15, 0.2) is 29.4 Å². The molecule has 0 radical (unpaired) electrons. The molecule has 0 amide bonds. The van der Waals surface area contributed by atoms with Gasteiger partial charge < -0.3 is 9.30 Å². The van der Waals surface area contributed by atoms with Gasteiger partial charge in [0, 0.05) is 29.6 Å². The van der Waals surface area contributed by atoms with E-state index in [2.05, 4.69) is 4.98 Å². The average Bonchev–Trinajstić information content (AvgIpc) is 2.81. The van der Waals surface area contributed by atoms with Gasteiger partial charge in [-0.3, -0.25) is 0 Å². The van der Waals surface area contributed by atoms with Gasteiger partial charge in [0.1, 0.15) is 18.2 Å². The predicted octanol–water partition coefficient (Wildman–Crippen LogP) is 3.03. The molecule has 21 heavy (non-hydrogen) atoms. The fraction of sp³-hybridized carbons (Fsp3) is 0.357. The van der Waals surface area contributed by atoms with Crippen molar-refractivity contribution in [3.8, 4) is 5.75 Å². The molecule has 0 fully saturated rings. The van der Waals surface area contributed by atoms with Crippen LogP contribution < -0.4 is 4.74 Å². The maximum atomic E-state index is 11.5. The van der Waals surface area contributed by atoms with Crippen molar-refractivity contribution in [1.29, 1.82) is 0 Å². The molecule has 1 aromatic carbocycles. The van der Waals surface area contributed by atoms with Crippen LogP contribution in [-0.2, 0) is 22.2 Å². The number of rotatable bonds is 5.